The number of carbonyl (C=O) groups excluding carboxylic acids is 1. The summed E-state index contributed by atoms with van der Waals surface area (Å²) < 4.78 is 23.0. The summed E-state index contributed by atoms with van der Waals surface area (Å²) in [4.78, 5) is 22.2. The van der Waals surface area contributed by atoms with Crippen molar-refractivity contribution < 1.29 is 18.1 Å². The number of amides is 1. The van der Waals surface area contributed by atoms with Crippen molar-refractivity contribution in [2.24, 2.45) is 11.1 Å². The Morgan fingerprint density at radius 1 is 1.32 bits per heavy atom. The largest absolute Gasteiger partial charge is 0.378 e. The summed E-state index contributed by atoms with van der Waals surface area (Å²) in [5.41, 5.74) is 5.28. The van der Waals surface area contributed by atoms with E-state index in [9.17, 15) is 23.3 Å². The molecule has 1 aromatic carbocycles. The van der Waals surface area contributed by atoms with Crippen LogP contribution in [0.1, 0.15) is 20.8 Å². The van der Waals surface area contributed by atoms with Gasteiger partial charge in [-0.15, -0.1) is 0 Å². The number of nitro groups is 1. The summed E-state index contributed by atoms with van der Waals surface area (Å²) in [7, 11) is -3.54. The van der Waals surface area contributed by atoms with Crippen LogP contribution in [0.2, 0.25) is 0 Å². The van der Waals surface area contributed by atoms with Crippen LogP contribution in [0.25, 0.3) is 0 Å². The molecule has 140 valence electrons. The zero-order chi connectivity index (χ0) is 19.4. The van der Waals surface area contributed by atoms with E-state index >= 15 is 0 Å². The Bertz CT molecular complexity index is 756. The van der Waals surface area contributed by atoms with Crippen molar-refractivity contribution in [1.82, 2.24) is 5.32 Å². The first-order valence-electron chi connectivity index (χ1n) is 7.59. The number of hydrogen-bond donors (Lipinski definition) is 3. The first kappa shape index (κ1) is 20.8. The number of rotatable bonds is 7. The summed E-state index contributed by atoms with van der Waals surface area (Å²) in [6.07, 6.45) is 0.979. The Kier molecular flexibility index (Phi) is 6.49. The average Bonchev–Trinajstić information content (AvgIpc) is 2.48. The highest BCUT2D eigenvalue weighted by Gasteiger charge is 2.27. The molecule has 0 bridgehead atoms. The van der Waals surface area contributed by atoms with Crippen molar-refractivity contribution >= 4 is 27.1 Å². The van der Waals surface area contributed by atoms with Gasteiger partial charge < -0.3 is 16.4 Å². The van der Waals surface area contributed by atoms with Gasteiger partial charge in [0.15, 0.2) is 9.84 Å². The van der Waals surface area contributed by atoms with Crippen molar-refractivity contribution in [3.8, 4) is 0 Å². The minimum atomic E-state index is -3.54. The van der Waals surface area contributed by atoms with E-state index in [-0.39, 0.29) is 40.7 Å². The fourth-order valence-electron chi connectivity index (χ4n) is 1.93. The Labute approximate surface area is 147 Å². The highest BCUT2D eigenvalue weighted by molar-refractivity contribution is 7.90. The predicted molar refractivity (Wildman–Crippen MR) is 95.1 cm³/mol. The van der Waals surface area contributed by atoms with Crippen molar-refractivity contribution in [1.29, 1.82) is 0 Å². The van der Waals surface area contributed by atoms with Gasteiger partial charge in [-0.05, 0) is 17.5 Å². The van der Waals surface area contributed by atoms with Gasteiger partial charge in [-0.25, -0.2) is 8.42 Å². The number of nitrogens with one attached hydrogen (secondary N) is 2. The number of nitrogens with zero attached hydrogens (tertiary/aromatic N) is 1. The van der Waals surface area contributed by atoms with Gasteiger partial charge in [0.2, 0.25) is 5.91 Å². The van der Waals surface area contributed by atoms with Crippen LogP contribution in [0.3, 0.4) is 0 Å². The van der Waals surface area contributed by atoms with Crippen molar-refractivity contribution in [3.63, 3.8) is 0 Å². The molecule has 0 aliphatic rings. The third kappa shape index (κ3) is 5.98. The Hall–Kier alpha value is -2.20. The van der Waals surface area contributed by atoms with Gasteiger partial charge in [0, 0.05) is 25.4 Å². The zero-order valence-corrected chi connectivity index (χ0v) is 15.5. The van der Waals surface area contributed by atoms with Gasteiger partial charge in [-0.3, -0.25) is 14.9 Å². The quantitative estimate of drug-likeness (QED) is 0.366. The number of nitrogens with two attached hydrogens (primary N) is 1. The lowest BCUT2D eigenvalue weighted by molar-refractivity contribution is -0.384. The Balaban J connectivity index is 2.72. The fourth-order valence-corrected chi connectivity index (χ4v) is 2.57. The molecule has 1 rings (SSSR count). The molecule has 10 heteroatoms. The second kappa shape index (κ2) is 7.79. The smallest absolute Gasteiger partial charge is 0.293 e. The first-order chi connectivity index (χ1) is 11.3. The lowest BCUT2D eigenvalue weighted by atomic mass is 9.87. The maximum atomic E-state index is 11.9. The fraction of sp³-hybridized carbons (Fsp3) is 0.533. The molecule has 0 fully saturated rings. The van der Waals surface area contributed by atoms with E-state index in [1.807, 2.05) is 20.8 Å². The molecule has 0 saturated carbocycles. The molecular formula is C15H24N4O5S. The number of nitro benzene ring substituents is 1. The van der Waals surface area contributed by atoms with Gasteiger partial charge in [0.1, 0.15) is 5.69 Å². The number of sulfone groups is 1. The van der Waals surface area contributed by atoms with Crippen molar-refractivity contribution in [2.75, 3.05) is 24.7 Å². The lowest BCUT2D eigenvalue weighted by Crippen LogP contribution is -2.49. The molecule has 0 heterocycles. The monoisotopic (exact) mass is 372 g/mol. The van der Waals surface area contributed by atoms with Crippen LogP contribution in [0.15, 0.2) is 23.1 Å². The highest BCUT2D eigenvalue weighted by Crippen LogP contribution is 2.27. The zero-order valence-electron chi connectivity index (χ0n) is 14.7. The van der Waals surface area contributed by atoms with E-state index in [0.29, 0.717) is 0 Å². The van der Waals surface area contributed by atoms with Gasteiger partial charge in [0.05, 0.1) is 15.9 Å². The molecule has 25 heavy (non-hydrogen) atoms. The molecule has 0 saturated heterocycles. The Morgan fingerprint density at radius 3 is 2.40 bits per heavy atom. The summed E-state index contributed by atoms with van der Waals surface area (Å²) in [6, 6.07) is 2.96. The number of anilines is 1. The first-order valence-corrected chi connectivity index (χ1v) is 9.49. The van der Waals surface area contributed by atoms with Crippen LogP contribution >= 0.6 is 0 Å². The second-order valence-corrected chi connectivity index (χ2v) is 8.79. The minimum Gasteiger partial charge on any atom is -0.378 e. The summed E-state index contributed by atoms with van der Waals surface area (Å²) in [5, 5.41) is 16.6. The normalized spacial score (nSPS) is 13.2. The van der Waals surface area contributed by atoms with Gasteiger partial charge in [-0.2, -0.15) is 0 Å². The molecule has 9 nitrogen and oxygen atoms in total. The topological polar surface area (TPSA) is 144 Å². The molecule has 0 aliphatic heterocycles. The van der Waals surface area contributed by atoms with Crippen LogP contribution in [0.5, 0.6) is 0 Å². The molecular weight excluding hydrogens is 348 g/mol. The third-order valence-electron chi connectivity index (χ3n) is 3.55. The van der Waals surface area contributed by atoms with Crippen LogP contribution in [-0.2, 0) is 14.6 Å². The van der Waals surface area contributed by atoms with Crippen LogP contribution in [0, 0.1) is 15.5 Å². The predicted octanol–water partition coefficient (Wildman–Crippen LogP) is 0.900. The van der Waals surface area contributed by atoms with Crippen LogP contribution < -0.4 is 16.4 Å². The van der Waals surface area contributed by atoms with E-state index < -0.39 is 20.8 Å². The number of hydrogen-bond acceptors (Lipinski definition) is 7. The van der Waals surface area contributed by atoms with Crippen LogP contribution in [0.4, 0.5) is 11.4 Å². The van der Waals surface area contributed by atoms with Crippen molar-refractivity contribution in [2.45, 2.75) is 31.7 Å². The molecule has 0 unspecified atom stereocenters. The molecule has 4 N–H and O–H groups in total. The van der Waals surface area contributed by atoms with E-state index in [4.69, 9.17) is 5.73 Å². The standard InChI is InChI=1S/C15H24N4O5S/c1-15(2,3)13(16)14(20)18-8-7-17-11-6-5-10(25(4,23)24)9-12(11)19(21)22/h5-6,9,13,17H,7-8,16H2,1-4H3,(H,18,20)/t13-/m1/s1. The maximum Gasteiger partial charge on any atom is 0.293 e. The van der Waals surface area contributed by atoms with E-state index in [2.05, 4.69) is 10.6 Å². The van der Waals surface area contributed by atoms with Gasteiger partial charge in [-0.1, -0.05) is 20.8 Å². The molecule has 0 radical (unpaired) electrons. The van der Waals surface area contributed by atoms with E-state index in [1.54, 1.807) is 0 Å². The average molecular weight is 372 g/mol. The lowest BCUT2D eigenvalue weighted by Gasteiger charge is -2.25. The molecule has 1 aromatic rings. The second-order valence-electron chi connectivity index (χ2n) is 6.77. The molecule has 1 amide bonds. The Morgan fingerprint density at radius 2 is 1.92 bits per heavy atom. The molecule has 0 aromatic heterocycles. The summed E-state index contributed by atoms with van der Waals surface area (Å²) in [6.45, 7) is 5.99. The summed E-state index contributed by atoms with van der Waals surface area (Å²) >= 11 is 0. The summed E-state index contributed by atoms with van der Waals surface area (Å²) in [5.74, 6) is -0.309. The van der Waals surface area contributed by atoms with Gasteiger partial charge >= 0.3 is 0 Å². The minimum absolute atomic E-state index is 0.130. The van der Waals surface area contributed by atoms with E-state index in [1.165, 1.54) is 12.1 Å². The molecule has 0 spiro atoms. The highest BCUT2D eigenvalue weighted by atomic mass is 32.2. The van der Waals surface area contributed by atoms with Crippen LogP contribution in [-0.4, -0.2) is 44.6 Å². The molecule has 1 atom stereocenters. The maximum absolute atomic E-state index is 11.9. The van der Waals surface area contributed by atoms with E-state index in [0.717, 1.165) is 12.3 Å². The third-order valence-corrected chi connectivity index (χ3v) is 4.66. The van der Waals surface area contributed by atoms with Gasteiger partial charge in [0.25, 0.3) is 5.69 Å². The SMILES string of the molecule is CC(C)(C)[C@H](N)C(=O)NCCNc1ccc(S(C)(=O)=O)cc1[N+](=O)[O-]. The van der Waals surface area contributed by atoms with Crippen molar-refractivity contribution in [3.05, 3.63) is 28.3 Å². The molecule has 0 aliphatic carbocycles. The number of benzene rings is 1. The number of carbonyl (C=O) groups is 1.